The monoisotopic (exact) mass is 867 g/mol. The van der Waals surface area contributed by atoms with Gasteiger partial charge < -0.3 is 45.3 Å². The van der Waals surface area contributed by atoms with E-state index in [0.29, 0.717) is 31.7 Å². The summed E-state index contributed by atoms with van der Waals surface area (Å²) in [7, 11) is 2.57. The molecule has 3 saturated heterocycles. The summed E-state index contributed by atoms with van der Waals surface area (Å²) >= 11 is 0. The zero-order chi connectivity index (χ0) is 45.3. The number of carbonyl (C=O) groups excluding carboxylic acids is 5. The van der Waals surface area contributed by atoms with Crippen molar-refractivity contribution in [2.24, 2.45) is 5.92 Å². The van der Waals surface area contributed by atoms with Crippen LogP contribution in [0.25, 0.3) is 0 Å². The summed E-state index contributed by atoms with van der Waals surface area (Å²) < 4.78 is 15.3. The molecule has 3 aromatic carbocycles. The third kappa shape index (κ3) is 11.9. The van der Waals surface area contributed by atoms with Gasteiger partial charge in [0.15, 0.2) is 0 Å². The van der Waals surface area contributed by atoms with Crippen molar-refractivity contribution in [3.8, 4) is 0 Å². The van der Waals surface area contributed by atoms with Gasteiger partial charge in [-0.25, -0.2) is 9.59 Å². The Morgan fingerprint density at radius 1 is 0.698 bits per heavy atom. The fourth-order valence-corrected chi connectivity index (χ4v) is 8.83. The number of nitrogens with zero attached hydrogens (tertiary/aromatic N) is 3. The second-order valence-electron chi connectivity index (χ2n) is 18.1. The number of alkyl carbamates (subject to hydrolysis) is 2. The van der Waals surface area contributed by atoms with Gasteiger partial charge in [-0.2, -0.15) is 0 Å². The van der Waals surface area contributed by atoms with Crippen LogP contribution in [0.4, 0.5) is 26.7 Å². The van der Waals surface area contributed by atoms with Gasteiger partial charge in [0.2, 0.25) is 17.7 Å². The molecule has 15 nitrogen and oxygen atoms in total. The third-order valence-electron chi connectivity index (χ3n) is 12.5. The zero-order valence-electron chi connectivity index (χ0n) is 37.8. The van der Waals surface area contributed by atoms with Gasteiger partial charge in [-0.1, -0.05) is 71.0 Å². The summed E-state index contributed by atoms with van der Waals surface area (Å²) in [6.45, 7) is 12.2. The van der Waals surface area contributed by atoms with Crippen LogP contribution in [-0.4, -0.2) is 105 Å². The molecule has 5 atom stereocenters. The van der Waals surface area contributed by atoms with Crippen molar-refractivity contribution in [3.63, 3.8) is 0 Å². The Morgan fingerprint density at radius 3 is 1.78 bits per heavy atom. The summed E-state index contributed by atoms with van der Waals surface area (Å²) in [5.74, 6) is -0.514. The number of rotatable bonds is 15. The molecule has 3 aromatic rings. The molecule has 0 saturated carbocycles. The number of hydrogen-bond donors (Lipinski definition) is 4. The van der Waals surface area contributed by atoms with Crippen LogP contribution in [0.2, 0.25) is 0 Å². The molecule has 3 aliphatic heterocycles. The summed E-state index contributed by atoms with van der Waals surface area (Å²) in [5, 5.41) is 11.4. The molecule has 15 heteroatoms. The van der Waals surface area contributed by atoms with Crippen LogP contribution in [0.1, 0.15) is 102 Å². The summed E-state index contributed by atoms with van der Waals surface area (Å²) in [4.78, 5) is 69.1. The van der Waals surface area contributed by atoms with Gasteiger partial charge in [0.05, 0.1) is 51.7 Å². The maximum Gasteiger partial charge on any atom is 0.407 e. The normalized spacial score (nSPS) is 20.6. The van der Waals surface area contributed by atoms with Gasteiger partial charge in [-0.05, 0) is 103 Å². The number of ether oxygens (including phenoxy) is 3. The minimum Gasteiger partial charge on any atom is -0.453 e. The first-order chi connectivity index (χ1) is 30.2. The number of nitrogens with one attached hydrogen (secondary N) is 4. The van der Waals surface area contributed by atoms with Gasteiger partial charge in [0, 0.05) is 30.2 Å². The van der Waals surface area contributed by atoms with Crippen molar-refractivity contribution in [1.29, 1.82) is 0 Å². The average Bonchev–Trinajstić information content (AvgIpc) is 4.06. The lowest BCUT2D eigenvalue weighted by Crippen LogP contribution is -2.47. The van der Waals surface area contributed by atoms with E-state index in [0.717, 1.165) is 54.7 Å². The average molecular weight is 868 g/mol. The number of benzene rings is 3. The molecule has 3 fully saturated rings. The number of methoxy groups -OCH3 is 2. The van der Waals surface area contributed by atoms with Crippen molar-refractivity contribution >= 4 is 47.0 Å². The minimum atomic E-state index is -0.697. The quantitative estimate of drug-likeness (QED) is 0.124. The molecule has 0 spiro atoms. The Balaban J connectivity index is 1.12. The lowest BCUT2D eigenvalue weighted by atomic mass is 9.87. The highest BCUT2D eigenvalue weighted by molar-refractivity contribution is 5.98. The first kappa shape index (κ1) is 46.8. The van der Waals surface area contributed by atoms with Gasteiger partial charge in [0.1, 0.15) is 12.6 Å². The molecule has 3 heterocycles. The van der Waals surface area contributed by atoms with Crippen LogP contribution in [0.3, 0.4) is 0 Å². The van der Waals surface area contributed by atoms with E-state index in [4.69, 9.17) is 9.47 Å². The molecule has 0 aromatic heterocycles. The van der Waals surface area contributed by atoms with Crippen LogP contribution in [0.5, 0.6) is 0 Å². The molecule has 340 valence electrons. The van der Waals surface area contributed by atoms with Gasteiger partial charge in [-0.3, -0.25) is 19.3 Å². The fraction of sp³-hybridized carbons (Fsp3) is 0.521. The molecule has 6 rings (SSSR count). The molecule has 0 aliphatic carbocycles. The molecule has 0 unspecified atom stereocenters. The van der Waals surface area contributed by atoms with Crippen molar-refractivity contribution in [2.45, 2.75) is 109 Å². The van der Waals surface area contributed by atoms with Gasteiger partial charge >= 0.3 is 12.2 Å². The third-order valence-corrected chi connectivity index (χ3v) is 12.5. The van der Waals surface area contributed by atoms with E-state index in [2.05, 4.69) is 100 Å². The lowest BCUT2D eigenvalue weighted by Gasteiger charge is -2.34. The molecular weight excluding hydrogens is 803 g/mol. The molecule has 63 heavy (non-hydrogen) atoms. The van der Waals surface area contributed by atoms with Crippen LogP contribution >= 0.6 is 0 Å². The molecule has 4 N–H and O–H groups in total. The Kier molecular flexibility index (Phi) is 15.7. The van der Waals surface area contributed by atoms with E-state index in [9.17, 15) is 24.0 Å². The summed E-state index contributed by atoms with van der Waals surface area (Å²) in [6.07, 6.45) is 3.49. The highest BCUT2D eigenvalue weighted by Gasteiger charge is 2.37. The Labute approximate surface area is 371 Å². The van der Waals surface area contributed by atoms with Gasteiger partial charge in [-0.15, -0.1) is 0 Å². The van der Waals surface area contributed by atoms with E-state index in [1.165, 1.54) is 24.7 Å². The van der Waals surface area contributed by atoms with E-state index in [1.807, 2.05) is 43.0 Å². The predicted octanol–water partition coefficient (Wildman–Crippen LogP) is 7.11. The van der Waals surface area contributed by atoms with E-state index in [-0.39, 0.29) is 66.5 Å². The maximum absolute atomic E-state index is 13.6. The van der Waals surface area contributed by atoms with Gasteiger partial charge in [0.25, 0.3) is 0 Å². The first-order valence-corrected chi connectivity index (χ1v) is 22.1. The Morgan fingerprint density at radius 2 is 1.24 bits per heavy atom. The molecule has 3 aliphatic rings. The van der Waals surface area contributed by atoms with E-state index < -0.39 is 18.2 Å². The number of carbonyl (C=O) groups is 5. The van der Waals surface area contributed by atoms with Crippen molar-refractivity contribution in [2.75, 3.05) is 62.7 Å². The highest BCUT2D eigenvalue weighted by Crippen LogP contribution is 2.47. The summed E-state index contributed by atoms with van der Waals surface area (Å²) in [6, 6.07) is 24.0. The first-order valence-electron chi connectivity index (χ1n) is 22.1. The predicted molar refractivity (Wildman–Crippen MR) is 242 cm³/mol. The zero-order valence-corrected chi connectivity index (χ0v) is 37.8. The number of anilines is 3. The van der Waals surface area contributed by atoms with Crippen molar-refractivity contribution in [3.05, 3.63) is 89.5 Å². The van der Waals surface area contributed by atoms with Crippen molar-refractivity contribution in [1.82, 2.24) is 20.4 Å². The molecular formula is C48H65N7O8. The topological polar surface area (TPSA) is 171 Å². The van der Waals surface area contributed by atoms with Crippen molar-refractivity contribution < 1.29 is 38.2 Å². The van der Waals surface area contributed by atoms with Crippen LogP contribution in [0, 0.1) is 5.92 Å². The standard InChI is InChI=1S/C48H65N7O8/c1-31(2)38(52-47(60)62-7)29-63-30-53-26-8-10-41(53)44(57)50-35-18-12-32(13-19-35)39-24-25-40(55(39)37-22-16-34(17-23-37)48(3,4)5)33-14-20-36(21-15-33)51-45(58)42-11-9-27-54(42)43(56)28-49-46(59)61-6/h12-23,31,38-42H,8-11,24-30H2,1-7H3,(H,49,59)(H,50,57)(H,51,58)(H,52,60)/t38-,39-,40-,41+,42+/m1/s1. The Hall–Kier alpha value is -5.67. The maximum atomic E-state index is 13.6. The van der Waals surface area contributed by atoms with E-state index >= 15 is 0 Å². The minimum absolute atomic E-state index is 0.00815. The number of likely N-dealkylation sites (tertiary alicyclic amines) is 2. The van der Waals surface area contributed by atoms with Crippen LogP contribution < -0.4 is 26.2 Å². The number of hydrogen-bond acceptors (Lipinski definition) is 10. The molecule has 0 radical (unpaired) electrons. The smallest absolute Gasteiger partial charge is 0.407 e. The summed E-state index contributed by atoms with van der Waals surface area (Å²) in [5.41, 5.74) is 6.02. The molecule has 0 bridgehead atoms. The second-order valence-corrected chi connectivity index (χ2v) is 18.1. The highest BCUT2D eigenvalue weighted by atomic mass is 16.5. The van der Waals surface area contributed by atoms with E-state index in [1.54, 1.807) is 0 Å². The number of amides is 5. The van der Waals surface area contributed by atoms with Crippen LogP contribution in [-0.2, 0) is 34.0 Å². The molecule has 5 amide bonds. The Bertz CT molecular complexity index is 2040. The van der Waals surface area contributed by atoms with Crippen LogP contribution in [0.15, 0.2) is 72.8 Å². The SMILES string of the molecule is COC(=O)NCC(=O)N1CCC[C@H]1C(=O)Nc1ccc([C@H]2CC[C@H](c3ccc(NC(=O)[C@@H]4CCCN4COC[C@@H](NC(=O)OC)C(C)C)cc3)N2c2ccc(C(C)(C)C)cc2)cc1. The fourth-order valence-electron chi connectivity index (χ4n) is 8.83. The lowest BCUT2D eigenvalue weighted by molar-refractivity contribution is -0.135. The second kappa shape index (κ2) is 21.1. The largest absolute Gasteiger partial charge is 0.453 e.